The number of hydrogen-bond donors (Lipinski definition) is 1. The van der Waals surface area contributed by atoms with Crippen molar-refractivity contribution in [3.05, 3.63) is 44.8 Å². The fraction of sp³-hybridized carbons (Fsp3) is 0.545. The van der Waals surface area contributed by atoms with Gasteiger partial charge in [0.2, 0.25) is 0 Å². The fourth-order valence-corrected chi connectivity index (χ4v) is 6.38. The Hall–Kier alpha value is -1.85. The lowest BCUT2D eigenvalue weighted by molar-refractivity contribution is -0.197. The third-order valence-electron chi connectivity index (χ3n) is 6.93. The van der Waals surface area contributed by atoms with Crippen molar-refractivity contribution in [3.8, 4) is 0 Å². The lowest BCUT2D eigenvalue weighted by Crippen LogP contribution is -2.58. The van der Waals surface area contributed by atoms with E-state index in [1.165, 1.54) is 6.07 Å². The van der Waals surface area contributed by atoms with Gasteiger partial charge in [-0.1, -0.05) is 11.6 Å². The van der Waals surface area contributed by atoms with Crippen LogP contribution in [0.3, 0.4) is 0 Å². The van der Waals surface area contributed by atoms with Gasteiger partial charge >= 0.3 is 11.6 Å². The number of fused-ring (bicyclic) bond motifs is 1. The molecule has 0 aliphatic heterocycles. The minimum absolute atomic E-state index is 0.00413. The number of aryl methyl sites for hydroxylation is 1. The van der Waals surface area contributed by atoms with Crippen LogP contribution in [0.2, 0.25) is 5.02 Å². The first kappa shape index (κ1) is 18.2. The summed E-state index contributed by atoms with van der Waals surface area (Å²) in [5.74, 6) is 0.565. The van der Waals surface area contributed by atoms with Gasteiger partial charge in [0.05, 0.1) is 11.0 Å². The average molecular weight is 403 g/mol. The van der Waals surface area contributed by atoms with Crippen molar-refractivity contribution in [2.45, 2.75) is 57.7 Å². The van der Waals surface area contributed by atoms with Gasteiger partial charge in [0.25, 0.3) is 0 Å². The number of aliphatic hydroxyl groups is 1. The number of hydrogen-bond acceptors (Lipinski definition) is 5. The topological polar surface area (TPSA) is 76.7 Å². The highest BCUT2D eigenvalue weighted by molar-refractivity contribution is 6.32. The van der Waals surface area contributed by atoms with Crippen molar-refractivity contribution < 1.29 is 19.1 Å². The van der Waals surface area contributed by atoms with Gasteiger partial charge in [0, 0.05) is 22.0 Å². The first-order valence-corrected chi connectivity index (χ1v) is 10.3. The van der Waals surface area contributed by atoms with Crippen LogP contribution in [0.5, 0.6) is 0 Å². The predicted molar refractivity (Wildman–Crippen MR) is 104 cm³/mol. The lowest BCUT2D eigenvalue weighted by Gasteiger charge is -2.58. The van der Waals surface area contributed by atoms with Gasteiger partial charge in [-0.25, -0.2) is 4.79 Å². The Morgan fingerprint density at radius 2 is 1.96 bits per heavy atom. The molecular weight excluding hydrogens is 380 g/mol. The third kappa shape index (κ3) is 2.87. The van der Waals surface area contributed by atoms with Gasteiger partial charge in [0.15, 0.2) is 0 Å². The van der Waals surface area contributed by atoms with E-state index < -0.39 is 16.6 Å². The molecule has 4 aliphatic rings. The summed E-state index contributed by atoms with van der Waals surface area (Å²) in [5, 5.41) is 12.1. The van der Waals surface area contributed by atoms with Gasteiger partial charge in [-0.3, -0.25) is 4.79 Å². The van der Waals surface area contributed by atoms with Gasteiger partial charge < -0.3 is 14.3 Å². The number of halogens is 1. The molecule has 1 aromatic heterocycles. The molecule has 2 atom stereocenters. The van der Waals surface area contributed by atoms with E-state index >= 15 is 0 Å². The van der Waals surface area contributed by atoms with Gasteiger partial charge in [0.1, 0.15) is 12.2 Å². The summed E-state index contributed by atoms with van der Waals surface area (Å²) in [6, 6.07) is 4.82. The molecule has 6 heteroatoms. The smallest absolute Gasteiger partial charge is 0.336 e. The average Bonchev–Trinajstić information content (AvgIpc) is 2.58. The van der Waals surface area contributed by atoms with E-state index in [2.05, 4.69) is 0 Å². The molecule has 2 unspecified atom stereocenters. The quantitative estimate of drug-likeness (QED) is 0.617. The summed E-state index contributed by atoms with van der Waals surface area (Å²) in [4.78, 5) is 25.0. The first-order valence-electron chi connectivity index (χ1n) is 9.88. The number of esters is 1. The molecule has 148 valence electrons. The minimum Gasteiger partial charge on any atom is -0.460 e. The molecule has 28 heavy (non-hydrogen) atoms. The Bertz CT molecular complexity index is 1030. The van der Waals surface area contributed by atoms with Crippen molar-refractivity contribution >= 4 is 28.5 Å². The van der Waals surface area contributed by atoms with E-state index in [0.717, 1.165) is 37.7 Å². The van der Waals surface area contributed by atoms with Crippen molar-refractivity contribution in [1.29, 1.82) is 0 Å². The summed E-state index contributed by atoms with van der Waals surface area (Å²) in [6.45, 7) is 1.84. The number of rotatable bonds is 3. The van der Waals surface area contributed by atoms with Crippen LogP contribution < -0.4 is 5.63 Å². The van der Waals surface area contributed by atoms with Crippen LogP contribution in [0.4, 0.5) is 0 Å². The summed E-state index contributed by atoms with van der Waals surface area (Å²) < 4.78 is 11.0. The molecule has 2 aromatic rings. The maximum absolute atomic E-state index is 13.1. The van der Waals surface area contributed by atoms with Crippen LogP contribution in [0.1, 0.15) is 49.7 Å². The maximum Gasteiger partial charge on any atom is 0.336 e. The highest BCUT2D eigenvalue weighted by Crippen LogP contribution is 2.62. The highest BCUT2D eigenvalue weighted by atomic mass is 35.5. The standard InChI is InChI=1S/C22H23ClO5/c1-12-2-18-16(5-17(12)23)15(4-19(24)28-18)10-27-20(25)21-6-13-3-14(7-21)9-22(26,8-13)11-21/h2,4-5,13-14,26H,3,6-11H2,1H3. The number of benzene rings is 1. The van der Waals surface area contributed by atoms with E-state index in [-0.39, 0.29) is 12.6 Å². The normalized spacial score (nSPS) is 33.4. The van der Waals surface area contributed by atoms with Crippen molar-refractivity contribution in [2.24, 2.45) is 17.3 Å². The minimum atomic E-state index is -0.714. The Labute approximate surface area is 167 Å². The maximum atomic E-state index is 13.1. The summed E-state index contributed by atoms with van der Waals surface area (Å²) in [7, 11) is 0. The SMILES string of the molecule is Cc1cc2oc(=O)cc(COC(=O)C34CC5CC(CC(O)(C5)C3)C4)c2cc1Cl. The summed E-state index contributed by atoms with van der Waals surface area (Å²) in [5.41, 5.74) is 0.0592. The zero-order valence-corrected chi connectivity index (χ0v) is 16.6. The second-order valence-electron chi connectivity index (χ2n) is 9.23. The van der Waals surface area contributed by atoms with Crippen molar-refractivity contribution in [1.82, 2.24) is 0 Å². The molecular formula is C22H23ClO5. The molecule has 6 rings (SSSR count). The molecule has 5 nitrogen and oxygen atoms in total. The highest BCUT2D eigenvalue weighted by Gasteiger charge is 2.60. The van der Waals surface area contributed by atoms with Gasteiger partial charge in [-0.05, 0) is 75.0 Å². The van der Waals surface area contributed by atoms with Crippen LogP contribution in [-0.4, -0.2) is 16.7 Å². The molecule has 1 heterocycles. The van der Waals surface area contributed by atoms with E-state index in [0.29, 0.717) is 39.8 Å². The van der Waals surface area contributed by atoms with Crippen molar-refractivity contribution in [2.75, 3.05) is 0 Å². The van der Waals surface area contributed by atoms with E-state index in [1.807, 2.05) is 6.92 Å². The van der Waals surface area contributed by atoms with Crippen LogP contribution in [-0.2, 0) is 16.1 Å². The van der Waals surface area contributed by atoms with Crippen LogP contribution in [0.15, 0.2) is 27.4 Å². The molecule has 4 bridgehead atoms. The lowest BCUT2D eigenvalue weighted by atomic mass is 9.48. The zero-order valence-electron chi connectivity index (χ0n) is 15.8. The Kier molecular flexibility index (Phi) is 3.95. The van der Waals surface area contributed by atoms with Gasteiger partial charge in [-0.15, -0.1) is 0 Å². The largest absolute Gasteiger partial charge is 0.460 e. The molecule has 0 saturated heterocycles. The van der Waals surface area contributed by atoms with Crippen LogP contribution in [0.25, 0.3) is 11.0 Å². The van der Waals surface area contributed by atoms with E-state index in [9.17, 15) is 14.7 Å². The molecule has 4 aliphatic carbocycles. The van der Waals surface area contributed by atoms with E-state index in [1.54, 1.807) is 12.1 Å². The number of ether oxygens (including phenoxy) is 1. The predicted octanol–water partition coefficient (Wildman–Crippen LogP) is 4.13. The Balaban J connectivity index is 1.42. The van der Waals surface area contributed by atoms with Gasteiger partial charge in [-0.2, -0.15) is 0 Å². The van der Waals surface area contributed by atoms with Crippen molar-refractivity contribution in [3.63, 3.8) is 0 Å². The first-order chi connectivity index (χ1) is 13.3. The monoisotopic (exact) mass is 402 g/mol. The molecule has 0 amide bonds. The molecule has 4 saturated carbocycles. The second kappa shape index (κ2) is 6.07. The molecule has 0 radical (unpaired) electrons. The molecule has 1 N–H and O–H groups in total. The molecule has 0 spiro atoms. The number of carbonyl (C=O) groups excluding carboxylic acids is 1. The van der Waals surface area contributed by atoms with E-state index in [4.69, 9.17) is 20.8 Å². The number of carbonyl (C=O) groups is 1. The Morgan fingerprint density at radius 3 is 2.64 bits per heavy atom. The zero-order chi connectivity index (χ0) is 19.7. The third-order valence-corrected chi connectivity index (χ3v) is 7.34. The van der Waals surface area contributed by atoms with Crippen LogP contribution >= 0.6 is 11.6 Å². The summed E-state index contributed by atoms with van der Waals surface area (Å²) in [6.07, 6.45) is 4.82. The van der Waals surface area contributed by atoms with Crippen LogP contribution in [0, 0.1) is 24.2 Å². The summed E-state index contributed by atoms with van der Waals surface area (Å²) >= 11 is 6.23. The molecule has 1 aromatic carbocycles. The molecule has 4 fully saturated rings. The fourth-order valence-electron chi connectivity index (χ4n) is 6.22. The Morgan fingerprint density at radius 1 is 1.25 bits per heavy atom. The second-order valence-corrected chi connectivity index (χ2v) is 9.64.